The van der Waals surface area contributed by atoms with Gasteiger partial charge in [0.15, 0.2) is 0 Å². The molecule has 0 saturated heterocycles. The molecule has 14 heavy (non-hydrogen) atoms. The summed E-state index contributed by atoms with van der Waals surface area (Å²) < 4.78 is 5.64. The smallest absolute Gasteiger partial charge is 0.122 e. The van der Waals surface area contributed by atoms with Gasteiger partial charge in [-0.3, -0.25) is 0 Å². The molecule has 1 aliphatic heterocycles. The maximum absolute atomic E-state index is 5.64. The van der Waals surface area contributed by atoms with E-state index in [2.05, 4.69) is 32.9 Å². The second-order valence-electron chi connectivity index (χ2n) is 4.36. The van der Waals surface area contributed by atoms with Crippen LogP contribution in [0.25, 0.3) is 0 Å². The van der Waals surface area contributed by atoms with Crippen LogP contribution in [0.4, 0.5) is 0 Å². The van der Waals surface area contributed by atoms with Crippen LogP contribution in [0.3, 0.4) is 0 Å². The van der Waals surface area contributed by atoms with Crippen LogP contribution in [0.5, 0.6) is 5.75 Å². The highest BCUT2D eigenvalue weighted by atomic mass is 16.5. The molecule has 0 bridgehead atoms. The third-order valence-corrected chi connectivity index (χ3v) is 3.05. The molecule has 0 radical (unpaired) electrons. The molecule has 0 fully saturated rings. The molecule has 1 aromatic rings. The number of fused-ring (bicyclic) bond motifs is 1. The Hall–Kier alpha value is -0.980. The summed E-state index contributed by atoms with van der Waals surface area (Å²) in [5.41, 5.74) is 4.34. The summed E-state index contributed by atoms with van der Waals surface area (Å²) in [4.78, 5) is 0. The van der Waals surface area contributed by atoms with Gasteiger partial charge >= 0.3 is 0 Å². The average molecular weight is 190 g/mol. The van der Waals surface area contributed by atoms with Gasteiger partial charge in [-0.15, -0.1) is 0 Å². The fourth-order valence-electron chi connectivity index (χ4n) is 2.25. The van der Waals surface area contributed by atoms with Gasteiger partial charge in [0.05, 0.1) is 6.61 Å². The summed E-state index contributed by atoms with van der Waals surface area (Å²) in [5.74, 6) is 1.72. The second-order valence-corrected chi connectivity index (χ2v) is 4.36. The summed E-state index contributed by atoms with van der Waals surface area (Å²) in [6.45, 7) is 7.60. The monoisotopic (exact) mass is 190 g/mol. The van der Waals surface area contributed by atoms with Crippen molar-refractivity contribution in [1.82, 2.24) is 0 Å². The molecule has 0 saturated carbocycles. The summed E-state index contributed by atoms with van der Waals surface area (Å²) in [7, 11) is 0. The van der Waals surface area contributed by atoms with E-state index in [1.54, 1.807) is 0 Å². The number of ether oxygens (including phenoxy) is 1. The van der Waals surface area contributed by atoms with Crippen molar-refractivity contribution in [3.8, 4) is 5.75 Å². The molecule has 0 spiro atoms. The van der Waals surface area contributed by atoms with Crippen molar-refractivity contribution < 1.29 is 4.74 Å². The standard InChI is InChI=1S/C13H18O/c1-9(2)11-6-7-13-12(10(11)3)5-4-8-14-13/h6-7,9H,4-5,8H2,1-3H3. The fraction of sp³-hybridized carbons (Fsp3) is 0.538. The SMILES string of the molecule is Cc1c(C(C)C)ccc2c1CCCO2. The summed E-state index contributed by atoms with van der Waals surface area (Å²) in [6.07, 6.45) is 2.34. The van der Waals surface area contributed by atoms with Crippen molar-refractivity contribution in [2.45, 2.75) is 39.5 Å². The highest BCUT2D eigenvalue weighted by Crippen LogP contribution is 2.32. The molecule has 1 nitrogen and oxygen atoms in total. The highest BCUT2D eigenvalue weighted by molar-refractivity contribution is 5.46. The second kappa shape index (κ2) is 3.64. The lowest BCUT2D eigenvalue weighted by Gasteiger charge is -2.22. The first-order chi connectivity index (χ1) is 6.70. The summed E-state index contributed by atoms with van der Waals surface area (Å²) >= 11 is 0. The Balaban J connectivity index is 2.49. The van der Waals surface area contributed by atoms with E-state index < -0.39 is 0 Å². The zero-order chi connectivity index (χ0) is 10.1. The first-order valence-corrected chi connectivity index (χ1v) is 5.45. The molecule has 2 rings (SSSR count). The van der Waals surface area contributed by atoms with Crippen LogP contribution in [0.15, 0.2) is 12.1 Å². The van der Waals surface area contributed by atoms with E-state index >= 15 is 0 Å². The average Bonchev–Trinajstić information content (AvgIpc) is 2.18. The molecule has 1 aliphatic rings. The van der Waals surface area contributed by atoms with Crippen molar-refractivity contribution >= 4 is 0 Å². The van der Waals surface area contributed by atoms with Crippen LogP contribution >= 0.6 is 0 Å². The Morgan fingerprint density at radius 2 is 2.07 bits per heavy atom. The van der Waals surface area contributed by atoms with E-state index in [0.717, 1.165) is 18.8 Å². The molecule has 0 aromatic heterocycles. The lowest BCUT2D eigenvalue weighted by molar-refractivity contribution is 0.287. The van der Waals surface area contributed by atoms with Crippen molar-refractivity contribution in [1.29, 1.82) is 0 Å². The van der Waals surface area contributed by atoms with Crippen molar-refractivity contribution in [3.05, 3.63) is 28.8 Å². The van der Waals surface area contributed by atoms with E-state index in [9.17, 15) is 0 Å². The van der Waals surface area contributed by atoms with E-state index in [4.69, 9.17) is 4.74 Å². The molecule has 0 N–H and O–H groups in total. The van der Waals surface area contributed by atoms with Gasteiger partial charge in [0.1, 0.15) is 5.75 Å². The Bertz CT molecular complexity index is 339. The van der Waals surface area contributed by atoms with E-state index in [1.165, 1.54) is 23.1 Å². The highest BCUT2D eigenvalue weighted by Gasteiger charge is 2.15. The number of hydrogen-bond acceptors (Lipinski definition) is 1. The maximum atomic E-state index is 5.64. The lowest BCUT2D eigenvalue weighted by atomic mass is 9.91. The van der Waals surface area contributed by atoms with Gasteiger partial charge in [-0.25, -0.2) is 0 Å². The molecular weight excluding hydrogens is 172 g/mol. The number of hydrogen-bond donors (Lipinski definition) is 0. The lowest BCUT2D eigenvalue weighted by Crippen LogP contribution is -2.11. The Kier molecular flexibility index (Phi) is 2.49. The number of rotatable bonds is 1. The van der Waals surface area contributed by atoms with Crippen LogP contribution in [-0.4, -0.2) is 6.61 Å². The van der Waals surface area contributed by atoms with Gasteiger partial charge in [0, 0.05) is 0 Å². The normalized spacial score (nSPS) is 15.1. The van der Waals surface area contributed by atoms with Crippen LogP contribution in [-0.2, 0) is 6.42 Å². The molecular formula is C13H18O. The van der Waals surface area contributed by atoms with Gasteiger partial charge in [0.25, 0.3) is 0 Å². The van der Waals surface area contributed by atoms with Gasteiger partial charge in [0.2, 0.25) is 0 Å². The predicted molar refractivity (Wildman–Crippen MR) is 59.1 cm³/mol. The molecule has 1 heterocycles. The molecule has 0 atom stereocenters. The van der Waals surface area contributed by atoms with Gasteiger partial charge in [-0.2, -0.15) is 0 Å². The van der Waals surface area contributed by atoms with E-state index in [-0.39, 0.29) is 0 Å². The molecule has 76 valence electrons. The molecule has 0 unspecified atom stereocenters. The number of benzene rings is 1. The van der Waals surface area contributed by atoms with Crippen molar-refractivity contribution in [2.24, 2.45) is 0 Å². The molecule has 0 amide bonds. The van der Waals surface area contributed by atoms with Crippen LogP contribution in [0.1, 0.15) is 42.9 Å². The Morgan fingerprint density at radius 1 is 1.29 bits per heavy atom. The van der Waals surface area contributed by atoms with Gasteiger partial charge in [-0.05, 0) is 48.4 Å². The Morgan fingerprint density at radius 3 is 2.79 bits per heavy atom. The quantitative estimate of drug-likeness (QED) is 0.659. The maximum Gasteiger partial charge on any atom is 0.122 e. The van der Waals surface area contributed by atoms with Gasteiger partial charge in [-0.1, -0.05) is 19.9 Å². The first kappa shape index (κ1) is 9.57. The fourth-order valence-corrected chi connectivity index (χ4v) is 2.25. The largest absolute Gasteiger partial charge is 0.493 e. The van der Waals surface area contributed by atoms with E-state index in [1.807, 2.05) is 0 Å². The molecule has 0 aliphatic carbocycles. The van der Waals surface area contributed by atoms with E-state index in [0.29, 0.717) is 5.92 Å². The zero-order valence-electron chi connectivity index (χ0n) is 9.26. The van der Waals surface area contributed by atoms with Crippen LogP contribution in [0.2, 0.25) is 0 Å². The minimum absolute atomic E-state index is 0.613. The van der Waals surface area contributed by atoms with Crippen molar-refractivity contribution in [3.63, 3.8) is 0 Å². The van der Waals surface area contributed by atoms with Crippen molar-refractivity contribution in [2.75, 3.05) is 6.61 Å². The topological polar surface area (TPSA) is 9.23 Å². The summed E-state index contributed by atoms with van der Waals surface area (Å²) in [6, 6.07) is 4.35. The van der Waals surface area contributed by atoms with Crippen LogP contribution in [0, 0.1) is 6.92 Å². The zero-order valence-corrected chi connectivity index (χ0v) is 9.26. The summed E-state index contributed by atoms with van der Waals surface area (Å²) in [5, 5.41) is 0. The van der Waals surface area contributed by atoms with Gasteiger partial charge < -0.3 is 4.74 Å². The molecule has 1 heteroatoms. The minimum atomic E-state index is 0.613. The minimum Gasteiger partial charge on any atom is -0.493 e. The first-order valence-electron chi connectivity index (χ1n) is 5.45. The van der Waals surface area contributed by atoms with Crippen LogP contribution < -0.4 is 4.74 Å². The third kappa shape index (κ3) is 1.52. The Labute approximate surface area is 86.1 Å². The predicted octanol–water partition coefficient (Wildman–Crippen LogP) is 3.44. The molecule has 1 aromatic carbocycles. The third-order valence-electron chi connectivity index (χ3n) is 3.05.